The van der Waals surface area contributed by atoms with Crippen molar-refractivity contribution in [1.82, 2.24) is 24.4 Å². The van der Waals surface area contributed by atoms with Gasteiger partial charge >= 0.3 is 17.6 Å². The lowest BCUT2D eigenvalue weighted by atomic mass is 9.94. The average Bonchev–Trinajstić information content (AvgIpc) is 3.32. The number of aromatic amines is 2. The Kier molecular flexibility index (Phi) is 6.24. The number of aromatic nitrogens is 4. The number of rotatable bonds is 3. The number of halogens is 5. The van der Waals surface area contributed by atoms with Crippen LogP contribution in [0.3, 0.4) is 0 Å². The van der Waals surface area contributed by atoms with Crippen LogP contribution in [0.2, 0.25) is 0 Å². The predicted octanol–water partition coefficient (Wildman–Crippen LogP) is 4.03. The Bertz CT molecular complexity index is 1890. The van der Waals surface area contributed by atoms with Gasteiger partial charge in [0.15, 0.2) is 5.82 Å². The zero-order chi connectivity index (χ0) is 29.4. The summed E-state index contributed by atoms with van der Waals surface area (Å²) in [5.41, 5.74) is -4.90. The van der Waals surface area contributed by atoms with Gasteiger partial charge in [-0.3, -0.25) is 9.36 Å². The van der Waals surface area contributed by atoms with E-state index in [9.17, 15) is 31.9 Å². The van der Waals surface area contributed by atoms with Crippen molar-refractivity contribution in [1.29, 1.82) is 0 Å². The van der Waals surface area contributed by atoms with Crippen molar-refractivity contribution < 1.29 is 26.7 Å². The zero-order valence-electron chi connectivity index (χ0n) is 21.4. The molecule has 0 bridgehead atoms. The normalized spacial score (nSPS) is 17.5. The third kappa shape index (κ3) is 4.21. The Morgan fingerprint density at radius 2 is 1.76 bits per heavy atom. The molecule has 0 spiro atoms. The first kappa shape index (κ1) is 27.1. The maximum atomic E-state index is 15.5. The van der Waals surface area contributed by atoms with Crippen molar-refractivity contribution in [3.05, 3.63) is 63.0 Å². The third-order valence-corrected chi connectivity index (χ3v) is 8.72. The van der Waals surface area contributed by atoms with E-state index in [4.69, 9.17) is 0 Å². The van der Waals surface area contributed by atoms with E-state index in [1.54, 1.807) is 11.8 Å². The molecule has 0 radical (unpaired) electrons. The molecule has 214 valence electrons. The molecule has 1 saturated heterocycles. The molecule has 2 aliphatic rings. The predicted molar refractivity (Wildman–Crippen MR) is 143 cm³/mol. The van der Waals surface area contributed by atoms with Crippen LogP contribution in [-0.4, -0.2) is 62.3 Å². The molecule has 2 aromatic heterocycles. The molecule has 41 heavy (non-hydrogen) atoms. The second-order valence-corrected chi connectivity index (χ2v) is 10.9. The van der Waals surface area contributed by atoms with Gasteiger partial charge in [-0.15, -0.1) is 11.8 Å². The van der Waals surface area contributed by atoms with Crippen molar-refractivity contribution in [3.63, 3.8) is 0 Å². The molecule has 4 aromatic rings. The maximum absolute atomic E-state index is 15.5. The molecular formula is C26H21F5N6O3S. The number of fused-ring (bicyclic) bond motifs is 1. The van der Waals surface area contributed by atoms with Crippen LogP contribution in [-0.2, 0) is 11.0 Å². The maximum Gasteiger partial charge on any atom is 0.417 e. The van der Waals surface area contributed by atoms with E-state index in [0.717, 1.165) is 17.8 Å². The molecule has 2 aromatic carbocycles. The van der Waals surface area contributed by atoms with E-state index in [-0.39, 0.29) is 59.5 Å². The van der Waals surface area contributed by atoms with Gasteiger partial charge in [-0.1, -0.05) is 6.58 Å². The molecule has 1 amide bonds. The molecule has 4 heterocycles. The molecule has 0 unspecified atom stereocenters. The van der Waals surface area contributed by atoms with Crippen LogP contribution in [0.5, 0.6) is 0 Å². The molecule has 0 saturated carbocycles. The van der Waals surface area contributed by atoms with Gasteiger partial charge in [0.05, 0.1) is 16.6 Å². The first-order chi connectivity index (χ1) is 19.4. The molecule has 2 aliphatic heterocycles. The van der Waals surface area contributed by atoms with Crippen molar-refractivity contribution in [2.45, 2.75) is 24.0 Å². The highest BCUT2D eigenvalue weighted by Crippen LogP contribution is 2.51. The minimum Gasteiger partial charge on any atom is -0.352 e. The summed E-state index contributed by atoms with van der Waals surface area (Å²) in [6.07, 6.45) is -3.84. The van der Waals surface area contributed by atoms with Crippen LogP contribution in [0, 0.1) is 11.6 Å². The Morgan fingerprint density at radius 1 is 1.07 bits per heavy atom. The Hall–Kier alpha value is -4.14. The van der Waals surface area contributed by atoms with Gasteiger partial charge in [0, 0.05) is 65.4 Å². The first-order valence-corrected chi connectivity index (χ1v) is 13.5. The highest BCUT2D eigenvalue weighted by molar-refractivity contribution is 7.99. The summed E-state index contributed by atoms with van der Waals surface area (Å²) in [5.74, 6) is -2.56. The minimum absolute atomic E-state index is 0.0136. The molecule has 15 heteroatoms. The number of alkyl halides is 3. The third-order valence-electron chi connectivity index (χ3n) is 7.38. The summed E-state index contributed by atoms with van der Waals surface area (Å²) in [4.78, 5) is 49.1. The number of thioether (sulfide) groups is 1. The number of amides is 1. The topological polar surface area (TPSA) is 107 Å². The van der Waals surface area contributed by atoms with Gasteiger partial charge in [-0.2, -0.15) is 18.2 Å². The number of carbonyl (C=O) groups excluding carboxylic acids is 1. The van der Waals surface area contributed by atoms with Gasteiger partial charge in [0.25, 0.3) is 0 Å². The number of benzene rings is 2. The van der Waals surface area contributed by atoms with Crippen LogP contribution < -0.4 is 16.3 Å². The number of hydrogen-bond donors (Lipinski definition) is 2. The monoisotopic (exact) mass is 592 g/mol. The van der Waals surface area contributed by atoms with Crippen LogP contribution >= 0.6 is 11.8 Å². The lowest BCUT2D eigenvalue weighted by Gasteiger charge is -2.36. The molecule has 0 aliphatic carbocycles. The van der Waals surface area contributed by atoms with Crippen LogP contribution in [0.1, 0.15) is 18.5 Å². The number of H-pyrrole nitrogens is 2. The second kappa shape index (κ2) is 9.46. The minimum atomic E-state index is -5.01. The summed E-state index contributed by atoms with van der Waals surface area (Å²) in [6, 6.07) is 0.788. The van der Waals surface area contributed by atoms with Gasteiger partial charge < -0.3 is 19.8 Å². The van der Waals surface area contributed by atoms with Crippen LogP contribution in [0.15, 0.2) is 39.3 Å². The van der Waals surface area contributed by atoms with Crippen LogP contribution in [0.25, 0.3) is 33.1 Å². The summed E-state index contributed by atoms with van der Waals surface area (Å²) < 4.78 is 75.6. The number of carbonyl (C=O) groups is 1. The largest absolute Gasteiger partial charge is 0.417 e. The summed E-state index contributed by atoms with van der Waals surface area (Å²) in [6.45, 7) is 6.05. The average molecular weight is 593 g/mol. The van der Waals surface area contributed by atoms with E-state index in [2.05, 4.69) is 21.5 Å². The quantitative estimate of drug-likeness (QED) is 0.275. The van der Waals surface area contributed by atoms with Crippen molar-refractivity contribution in [2.75, 3.05) is 36.8 Å². The smallest absolute Gasteiger partial charge is 0.352 e. The van der Waals surface area contributed by atoms with E-state index in [1.807, 2.05) is 0 Å². The van der Waals surface area contributed by atoms with Crippen molar-refractivity contribution in [2.24, 2.45) is 0 Å². The SMILES string of the molecule is C=CC(=O)N1CCN(c2nc(=O)n3c4c(c(-c5c(F)cc(F)c6[nH]c(=O)[nH]c56)c(C(F)(F)F)cc24)SC[C@@H]3C)CC1. The molecular weight excluding hydrogens is 571 g/mol. The van der Waals surface area contributed by atoms with Crippen molar-refractivity contribution in [3.8, 4) is 11.1 Å². The van der Waals surface area contributed by atoms with E-state index < -0.39 is 63.0 Å². The van der Waals surface area contributed by atoms with Gasteiger partial charge in [0.1, 0.15) is 17.2 Å². The van der Waals surface area contributed by atoms with Crippen molar-refractivity contribution >= 4 is 45.4 Å². The lowest BCUT2D eigenvalue weighted by Crippen LogP contribution is -2.49. The summed E-state index contributed by atoms with van der Waals surface area (Å²) in [5, 5.41) is 0.0274. The standard InChI is InChI=1S/C26H21F5N6O3S/c1-3-16(38)35-4-6-36(7-5-35)23-12-8-13(26(29,30)31)17(22-21(12)37(25(40)34-23)11(2)10-41-22)18-14(27)9-15(28)19-20(18)33-24(39)32-19/h3,8-9,11H,1,4-7,10H2,2H3,(H2,32,33,39)/t11-/m0/s1. The number of nitrogens with one attached hydrogen (secondary N) is 2. The van der Waals surface area contributed by atoms with Gasteiger partial charge in [0.2, 0.25) is 5.91 Å². The van der Waals surface area contributed by atoms with E-state index in [0.29, 0.717) is 6.07 Å². The highest BCUT2D eigenvalue weighted by atomic mass is 32.2. The van der Waals surface area contributed by atoms with E-state index >= 15 is 4.39 Å². The Balaban J connectivity index is 1.69. The van der Waals surface area contributed by atoms with E-state index in [1.165, 1.54) is 15.5 Å². The fraction of sp³-hybridized carbons (Fsp3) is 0.308. The lowest BCUT2D eigenvalue weighted by molar-refractivity contribution is -0.137. The number of nitrogens with zero attached hydrogens (tertiary/aromatic N) is 4. The zero-order valence-corrected chi connectivity index (χ0v) is 22.2. The first-order valence-electron chi connectivity index (χ1n) is 12.5. The summed E-state index contributed by atoms with van der Waals surface area (Å²) >= 11 is 1.01. The molecule has 1 atom stereocenters. The van der Waals surface area contributed by atoms with Crippen LogP contribution in [0.4, 0.5) is 27.8 Å². The summed E-state index contributed by atoms with van der Waals surface area (Å²) in [7, 11) is 0. The molecule has 1 fully saturated rings. The molecule has 2 N–H and O–H groups in total. The molecule has 9 nitrogen and oxygen atoms in total. The number of imidazole rings is 1. The van der Waals surface area contributed by atoms with Gasteiger partial charge in [-0.05, 0) is 19.1 Å². The number of piperazine rings is 1. The number of hydrogen-bond acceptors (Lipinski definition) is 6. The number of anilines is 1. The Morgan fingerprint density at radius 3 is 2.41 bits per heavy atom. The highest BCUT2D eigenvalue weighted by Gasteiger charge is 2.40. The second-order valence-electron chi connectivity index (χ2n) is 9.83. The van der Waals surface area contributed by atoms with Gasteiger partial charge in [-0.25, -0.2) is 18.4 Å². The fourth-order valence-electron chi connectivity index (χ4n) is 5.54. The fourth-order valence-corrected chi connectivity index (χ4v) is 6.79. The Labute approximate surface area is 231 Å². The molecule has 6 rings (SSSR count).